The molecule has 2 saturated heterocycles. The number of carbonyl (C=O) groups is 1. The van der Waals surface area contributed by atoms with Crippen LogP contribution in [0.25, 0.3) is 10.2 Å². The van der Waals surface area contributed by atoms with Crippen LogP contribution in [0.1, 0.15) is 26.2 Å². The van der Waals surface area contributed by atoms with Gasteiger partial charge >= 0.3 is 0 Å². The zero-order valence-corrected chi connectivity index (χ0v) is 25.0. The van der Waals surface area contributed by atoms with Crippen molar-refractivity contribution in [3.63, 3.8) is 0 Å². The van der Waals surface area contributed by atoms with E-state index >= 15 is 0 Å². The van der Waals surface area contributed by atoms with Gasteiger partial charge in [0.2, 0.25) is 15.9 Å². The molecule has 40 heavy (non-hydrogen) atoms. The average Bonchev–Trinajstić information content (AvgIpc) is 3.41. The van der Waals surface area contributed by atoms with Crippen LogP contribution in [-0.4, -0.2) is 87.6 Å². The third kappa shape index (κ3) is 6.61. The van der Waals surface area contributed by atoms with Gasteiger partial charge in [-0.15, -0.1) is 0 Å². The summed E-state index contributed by atoms with van der Waals surface area (Å²) < 4.78 is 40.0. The molecule has 0 atom stereocenters. The van der Waals surface area contributed by atoms with E-state index in [0.717, 1.165) is 49.5 Å². The quantitative estimate of drug-likeness (QED) is 0.335. The van der Waals surface area contributed by atoms with Gasteiger partial charge < -0.3 is 9.47 Å². The fraction of sp³-hybridized carbons (Fsp3) is 0.500. The number of hydrogen-bond donors (Lipinski definition) is 0. The summed E-state index contributed by atoms with van der Waals surface area (Å²) in [6.07, 6.45) is 1.73. The number of morpholine rings is 1. The second-order valence-electron chi connectivity index (χ2n) is 9.96. The molecule has 0 bridgehead atoms. The Morgan fingerprint density at radius 3 is 2.55 bits per heavy atom. The van der Waals surface area contributed by atoms with Crippen molar-refractivity contribution in [1.29, 1.82) is 0 Å². The fourth-order valence-corrected chi connectivity index (χ4v) is 7.81. The van der Waals surface area contributed by atoms with E-state index in [1.54, 1.807) is 12.1 Å². The number of fused-ring (bicyclic) bond motifs is 1. The van der Waals surface area contributed by atoms with Gasteiger partial charge in [-0.2, -0.15) is 4.31 Å². The van der Waals surface area contributed by atoms with Crippen LogP contribution in [0.2, 0.25) is 5.02 Å². The van der Waals surface area contributed by atoms with Crippen molar-refractivity contribution < 1.29 is 22.7 Å². The SMILES string of the molecule is CCOc1cccc2sc(N(CCCN3CCOCC3)C(=O)C3CCN(S(=O)(=O)c4ccc(Cl)cc4)CC3)nc12. The number of piperidine rings is 1. The summed E-state index contributed by atoms with van der Waals surface area (Å²) in [4.78, 5) is 23.2. The number of nitrogens with zero attached hydrogens (tertiary/aromatic N) is 4. The third-order valence-corrected chi connectivity index (χ3v) is 10.6. The van der Waals surface area contributed by atoms with Gasteiger partial charge in [-0.05, 0) is 62.6 Å². The number of rotatable bonds is 10. The molecule has 2 fully saturated rings. The Kier molecular flexibility index (Phi) is 9.60. The number of para-hydroxylation sites is 1. The van der Waals surface area contributed by atoms with Crippen molar-refractivity contribution in [2.45, 2.75) is 31.1 Å². The van der Waals surface area contributed by atoms with Crippen LogP contribution < -0.4 is 9.64 Å². The summed E-state index contributed by atoms with van der Waals surface area (Å²) in [6.45, 7) is 7.73. The van der Waals surface area contributed by atoms with Crippen LogP contribution in [0, 0.1) is 5.92 Å². The van der Waals surface area contributed by atoms with Gasteiger partial charge in [0, 0.05) is 50.2 Å². The summed E-state index contributed by atoms with van der Waals surface area (Å²) in [6, 6.07) is 12.0. The smallest absolute Gasteiger partial charge is 0.243 e. The van der Waals surface area contributed by atoms with Gasteiger partial charge in [0.25, 0.3) is 0 Å². The van der Waals surface area contributed by atoms with E-state index in [2.05, 4.69) is 4.90 Å². The molecular formula is C28H35ClN4O5S2. The standard InChI is InChI=1S/C28H35ClN4O5S2/c1-2-38-24-5-3-6-25-26(24)30-28(39-25)33(14-4-13-31-17-19-37-20-18-31)27(34)21-11-15-32(16-12-21)40(35,36)23-9-7-22(29)8-10-23/h3,5-10,21H,2,4,11-20H2,1H3. The molecule has 1 aromatic heterocycles. The van der Waals surface area contributed by atoms with E-state index < -0.39 is 10.0 Å². The van der Waals surface area contributed by atoms with Crippen LogP contribution in [0.4, 0.5) is 5.13 Å². The summed E-state index contributed by atoms with van der Waals surface area (Å²) in [7, 11) is -3.64. The largest absolute Gasteiger partial charge is 0.492 e. The number of sulfonamides is 1. The van der Waals surface area contributed by atoms with Gasteiger partial charge in [-0.25, -0.2) is 13.4 Å². The highest BCUT2D eigenvalue weighted by Crippen LogP contribution is 2.36. The van der Waals surface area contributed by atoms with Crippen LogP contribution in [0.15, 0.2) is 47.4 Å². The molecule has 5 rings (SSSR count). The number of amides is 1. The van der Waals surface area contributed by atoms with Crippen LogP contribution in [0.3, 0.4) is 0 Å². The molecule has 216 valence electrons. The number of anilines is 1. The number of aromatic nitrogens is 1. The van der Waals surface area contributed by atoms with E-state index in [1.807, 2.05) is 30.0 Å². The molecule has 2 aliphatic heterocycles. The molecule has 2 aliphatic rings. The Hall–Kier alpha value is -2.28. The van der Waals surface area contributed by atoms with Gasteiger partial charge in [-0.1, -0.05) is 29.0 Å². The Morgan fingerprint density at radius 2 is 1.85 bits per heavy atom. The number of ether oxygens (including phenoxy) is 2. The third-order valence-electron chi connectivity index (χ3n) is 7.38. The highest BCUT2D eigenvalue weighted by Gasteiger charge is 2.35. The second kappa shape index (κ2) is 13.1. The molecule has 0 unspecified atom stereocenters. The lowest BCUT2D eigenvalue weighted by Gasteiger charge is -2.33. The maximum absolute atomic E-state index is 14.0. The molecule has 3 aromatic rings. The summed E-state index contributed by atoms with van der Waals surface area (Å²) >= 11 is 7.43. The van der Waals surface area contributed by atoms with E-state index in [1.165, 1.54) is 27.8 Å². The Labute approximate surface area is 244 Å². The fourth-order valence-electron chi connectivity index (χ4n) is 5.20. The molecule has 0 aliphatic carbocycles. The summed E-state index contributed by atoms with van der Waals surface area (Å²) in [5.74, 6) is 0.435. The lowest BCUT2D eigenvalue weighted by atomic mass is 9.96. The van der Waals surface area contributed by atoms with Crippen molar-refractivity contribution in [1.82, 2.24) is 14.2 Å². The van der Waals surface area contributed by atoms with E-state index in [4.69, 9.17) is 26.1 Å². The van der Waals surface area contributed by atoms with Crippen LogP contribution in [-0.2, 0) is 19.6 Å². The average molecular weight is 607 g/mol. The predicted octanol–water partition coefficient (Wildman–Crippen LogP) is 4.50. The highest BCUT2D eigenvalue weighted by atomic mass is 35.5. The minimum atomic E-state index is -3.64. The zero-order chi connectivity index (χ0) is 28.1. The maximum Gasteiger partial charge on any atom is 0.243 e. The molecule has 0 spiro atoms. The van der Waals surface area contributed by atoms with Crippen molar-refractivity contribution in [2.75, 3.05) is 64.0 Å². The lowest BCUT2D eigenvalue weighted by Crippen LogP contribution is -2.45. The summed E-state index contributed by atoms with van der Waals surface area (Å²) in [5.41, 5.74) is 0.763. The van der Waals surface area contributed by atoms with E-state index in [0.29, 0.717) is 41.9 Å². The second-order valence-corrected chi connectivity index (χ2v) is 13.3. The van der Waals surface area contributed by atoms with Crippen molar-refractivity contribution >= 4 is 54.2 Å². The Bertz CT molecular complexity index is 1400. The highest BCUT2D eigenvalue weighted by molar-refractivity contribution is 7.89. The minimum absolute atomic E-state index is 0.00235. The van der Waals surface area contributed by atoms with Crippen molar-refractivity contribution in [3.8, 4) is 5.75 Å². The molecule has 1 amide bonds. The molecule has 12 heteroatoms. The minimum Gasteiger partial charge on any atom is -0.492 e. The van der Waals surface area contributed by atoms with E-state index in [-0.39, 0.29) is 29.8 Å². The van der Waals surface area contributed by atoms with E-state index in [9.17, 15) is 13.2 Å². The first kappa shape index (κ1) is 29.2. The number of benzene rings is 2. The Balaban J connectivity index is 1.31. The normalized spacial score (nSPS) is 17.8. The van der Waals surface area contributed by atoms with Crippen molar-refractivity contribution in [3.05, 3.63) is 47.5 Å². The first-order valence-electron chi connectivity index (χ1n) is 13.8. The summed E-state index contributed by atoms with van der Waals surface area (Å²) in [5, 5.41) is 1.14. The number of hydrogen-bond acceptors (Lipinski definition) is 8. The first-order valence-corrected chi connectivity index (χ1v) is 16.4. The van der Waals surface area contributed by atoms with Crippen LogP contribution in [0.5, 0.6) is 5.75 Å². The maximum atomic E-state index is 14.0. The molecule has 9 nitrogen and oxygen atoms in total. The molecule has 3 heterocycles. The van der Waals surface area contributed by atoms with Gasteiger partial charge in [0.05, 0.1) is 29.4 Å². The monoisotopic (exact) mass is 606 g/mol. The molecular weight excluding hydrogens is 572 g/mol. The Morgan fingerprint density at radius 1 is 1.12 bits per heavy atom. The number of halogens is 1. The lowest BCUT2D eigenvalue weighted by molar-refractivity contribution is -0.123. The topological polar surface area (TPSA) is 92.3 Å². The molecule has 2 aromatic carbocycles. The first-order chi connectivity index (χ1) is 19.4. The number of carbonyl (C=O) groups excluding carboxylic acids is 1. The predicted molar refractivity (Wildman–Crippen MR) is 158 cm³/mol. The van der Waals surface area contributed by atoms with Crippen LogP contribution >= 0.6 is 22.9 Å². The number of thiazole rings is 1. The van der Waals surface area contributed by atoms with Gasteiger partial charge in [0.1, 0.15) is 11.3 Å². The molecule has 0 radical (unpaired) electrons. The zero-order valence-electron chi connectivity index (χ0n) is 22.6. The molecule has 0 saturated carbocycles. The molecule has 0 N–H and O–H groups in total. The van der Waals surface area contributed by atoms with Gasteiger partial charge in [0.15, 0.2) is 5.13 Å². The van der Waals surface area contributed by atoms with Gasteiger partial charge in [-0.3, -0.25) is 14.6 Å². The van der Waals surface area contributed by atoms with Crippen molar-refractivity contribution in [2.24, 2.45) is 5.92 Å².